The van der Waals surface area contributed by atoms with E-state index >= 15 is 0 Å². The molecule has 0 saturated heterocycles. The number of rotatable bonds is 5. The second-order valence-corrected chi connectivity index (χ2v) is 11.0. The molecule has 0 aliphatic heterocycles. The molecule has 1 aromatic heterocycles. The number of thiophene rings is 1. The van der Waals surface area contributed by atoms with Crippen LogP contribution in [0.1, 0.15) is 74.8 Å². The lowest BCUT2D eigenvalue weighted by molar-refractivity contribution is 0.0493. The number of nitriles is 1. The quantitative estimate of drug-likeness (QED) is 0.385. The van der Waals surface area contributed by atoms with Crippen LogP contribution in [0, 0.1) is 11.3 Å². The molecule has 1 amide bonds. The summed E-state index contributed by atoms with van der Waals surface area (Å²) in [6.07, 6.45) is 5.66. The molecule has 3 aromatic rings. The summed E-state index contributed by atoms with van der Waals surface area (Å²) in [5.41, 5.74) is 9.61. The lowest BCUT2D eigenvalue weighted by Crippen LogP contribution is -2.39. The van der Waals surface area contributed by atoms with E-state index in [1.165, 1.54) is 29.7 Å². The van der Waals surface area contributed by atoms with Gasteiger partial charge >= 0.3 is 6.09 Å². The maximum atomic E-state index is 11.4. The van der Waals surface area contributed by atoms with E-state index in [1.54, 1.807) is 11.3 Å². The van der Waals surface area contributed by atoms with E-state index in [0.29, 0.717) is 18.2 Å². The fourth-order valence-corrected chi connectivity index (χ4v) is 5.38. The summed E-state index contributed by atoms with van der Waals surface area (Å²) in [5, 5.41) is 14.3. The Morgan fingerprint density at radius 3 is 2.42 bits per heavy atom. The molecule has 1 aliphatic rings. The van der Waals surface area contributed by atoms with E-state index in [4.69, 9.17) is 10.5 Å². The standard InChI is InChI=1S/C19H16N2S.C11H21NO2/c20-11-15-8-4-5-9-17(15)16-10-19(22-13-16)18(12-21)14-6-2-1-3-7-14;1-11(2,3)14-10(13)12-9-7-5-4-6-8-9/h1-10,13,18H,12,21H2;9H,4-8H2,1-3H3,(H,12,13). The average molecular weight is 504 g/mol. The molecule has 0 radical (unpaired) electrons. The third kappa shape index (κ3) is 8.22. The van der Waals surface area contributed by atoms with Crippen molar-refractivity contribution in [2.75, 3.05) is 6.54 Å². The highest BCUT2D eigenvalue weighted by Crippen LogP contribution is 2.34. The van der Waals surface area contributed by atoms with Gasteiger partial charge in [0.1, 0.15) is 5.60 Å². The zero-order valence-electron chi connectivity index (χ0n) is 21.5. The molecule has 1 fully saturated rings. The van der Waals surface area contributed by atoms with Crippen LogP contribution in [-0.2, 0) is 4.74 Å². The van der Waals surface area contributed by atoms with Crippen LogP contribution < -0.4 is 11.1 Å². The molecule has 1 heterocycles. The number of alkyl carbamates (subject to hydrolysis) is 1. The van der Waals surface area contributed by atoms with Crippen molar-refractivity contribution < 1.29 is 9.53 Å². The second kappa shape index (κ2) is 13.2. The molecule has 2 aromatic carbocycles. The summed E-state index contributed by atoms with van der Waals surface area (Å²) in [6.45, 7) is 6.22. The Morgan fingerprint density at radius 1 is 1.11 bits per heavy atom. The summed E-state index contributed by atoms with van der Waals surface area (Å²) in [4.78, 5) is 12.6. The van der Waals surface area contributed by atoms with Gasteiger partial charge in [-0.2, -0.15) is 5.26 Å². The van der Waals surface area contributed by atoms with Gasteiger partial charge in [0, 0.05) is 28.9 Å². The van der Waals surface area contributed by atoms with Crippen LogP contribution in [0.15, 0.2) is 66.0 Å². The van der Waals surface area contributed by atoms with Gasteiger partial charge in [-0.1, -0.05) is 67.8 Å². The summed E-state index contributed by atoms with van der Waals surface area (Å²) in [5.74, 6) is 0.203. The molecule has 0 spiro atoms. The van der Waals surface area contributed by atoms with Gasteiger partial charge in [-0.15, -0.1) is 11.3 Å². The molecule has 3 N–H and O–H groups in total. The highest BCUT2D eigenvalue weighted by atomic mass is 32.1. The topological polar surface area (TPSA) is 88.1 Å². The lowest BCUT2D eigenvalue weighted by atomic mass is 9.96. The van der Waals surface area contributed by atoms with E-state index in [2.05, 4.69) is 35.0 Å². The molecule has 190 valence electrons. The molecule has 5 nitrogen and oxygen atoms in total. The largest absolute Gasteiger partial charge is 0.444 e. The normalized spacial score (nSPS) is 14.6. The van der Waals surface area contributed by atoms with Crippen LogP contribution in [0.25, 0.3) is 11.1 Å². The predicted octanol–water partition coefficient (Wildman–Crippen LogP) is 7.22. The van der Waals surface area contributed by atoms with Crippen molar-refractivity contribution in [1.82, 2.24) is 5.32 Å². The molecule has 1 saturated carbocycles. The van der Waals surface area contributed by atoms with Crippen molar-refractivity contribution in [1.29, 1.82) is 5.26 Å². The average Bonchev–Trinajstić information content (AvgIpc) is 3.34. The van der Waals surface area contributed by atoms with E-state index in [0.717, 1.165) is 24.0 Å². The molecule has 1 atom stereocenters. The van der Waals surface area contributed by atoms with Crippen molar-refractivity contribution in [3.8, 4) is 17.2 Å². The van der Waals surface area contributed by atoms with E-state index in [1.807, 2.05) is 63.2 Å². The number of amides is 1. The van der Waals surface area contributed by atoms with Crippen LogP contribution in [0.4, 0.5) is 4.79 Å². The summed E-state index contributed by atoms with van der Waals surface area (Å²) < 4.78 is 5.19. The molecule has 1 unspecified atom stereocenters. The zero-order chi connectivity index (χ0) is 26.0. The fourth-order valence-electron chi connectivity index (χ4n) is 4.33. The lowest BCUT2D eigenvalue weighted by Gasteiger charge is -2.25. The minimum atomic E-state index is -0.390. The number of carbonyl (C=O) groups is 1. The molecular formula is C30H37N3O2S. The van der Waals surface area contributed by atoms with Crippen LogP contribution >= 0.6 is 11.3 Å². The summed E-state index contributed by atoms with van der Waals surface area (Å²) in [7, 11) is 0. The molecule has 1 aliphatic carbocycles. The van der Waals surface area contributed by atoms with Crippen LogP contribution in [0.2, 0.25) is 0 Å². The minimum absolute atomic E-state index is 0.203. The van der Waals surface area contributed by atoms with Crippen molar-refractivity contribution >= 4 is 17.4 Å². The van der Waals surface area contributed by atoms with E-state index in [9.17, 15) is 10.1 Å². The van der Waals surface area contributed by atoms with E-state index in [-0.39, 0.29) is 12.0 Å². The SMILES string of the molecule is CC(C)(C)OC(=O)NC1CCCCC1.N#Cc1ccccc1-c1csc(C(CN)c2ccccc2)c1. The van der Waals surface area contributed by atoms with Crippen LogP contribution in [-0.4, -0.2) is 24.3 Å². The smallest absolute Gasteiger partial charge is 0.407 e. The Kier molecular flexibility index (Phi) is 10.1. The van der Waals surface area contributed by atoms with Crippen molar-refractivity contribution in [2.24, 2.45) is 5.73 Å². The first-order valence-corrected chi connectivity index (χ1v) is 13.5. The van der Waals surface area contributed by atoms with Gasteiger partial charge in [0.2, 0.25) is 0 Å². The fraction of sp³-hybridized carbons (Fsp3) is 0.400. The number of carbonyl (C=O) groups excluding carboxylic acids is 1. The first-order chi connectivity index (χ1) is 17.3. The van der Waals surface area contributed by atoms with Crippen LogP contribution in [0.3, 0.4) is 0 Å². The van der Waals surface area contributed by atoms with Crippen molar-refractivity contribution in [2.45, 2.75) is 70.4 Å². The van der Waals surface area contributed by atoms with Gasteiger partial charge in [-0.05, 0) is 62.3 Å². The number of hydrogen-bond acceptors (Lipinski definition) is 5. The van der Waals surface area contributed by atoms with Gasteiger partial charge in [0.15, 0.2) is 0 Å². The van der Waals surface area contributed by atoms with Crippen molar-refractivity contribution in [3.63, 3.8) is 0 Å². The van der Waals surface area contributed by atoms with Gasteiger partial charge in [0.25, 0.3) is 0 Å². The number of nitrogens with two attached hydrogens (primary N) is 1. The molecule has 4 rings (SSSR count). The molecule has 0 bridgehead atoms. The number of nitrogens with zero attached hydrogens (tertiary/aromatic N) is 1. The van der Waals surface area contributed by atoms with Gasteiger partial charge in [-0.3, -0.25) is 0 Å². The third-order valence-electron chi connectivity index (χ3n) is 6.09. The highest BCUT2D eigenvalue weighted by molar-refractivity contribution is 7.10. The van der Waals surface area contributed by atoms with E-state index < -0.39 is 5.60 Å². The maximum absolute atomic E-state index is 11.4. The molecular weight excluding hydrogens is 466 g/mol. The first kappa shape index (κ1) is 27.4. The predicted molar refractivity (Wildman–Crippen MR) is 148 cm³/mol. The molecule has 36 heavy (non-hydrogen) atoms. The summed E-state index contributed by atoms with van der Waals surface area (Å²) in [6, 6.07) is 22.8. The summed E-state index contributed by atoms with van der Waals surface area (Å²) >= 11 is 1.70. The van der Waals surface area contributed by atoms with Crippen LogP contribution in [0.5, 0.6) is 0 Å². The Morgan fingerprint density at radius 2 is 1.78 bits per heavy atom. The van der Waals surface area contributed by atoms with Crippen molar-refractivity contribution in [3.05, 3.63) is 82.0 Å². The van der Waals surface area contributed by atoms with Gasteiger partial charge in [-0.25, -0.2) is 4.79 Å². The minimum Gasteiger partial charge on any atom is -0.444 e. The zero-order valence-corrected chi connectivity index (χ0v) is 22.3. The Balaban J connectivity index is 0.000000223. The first-order valence-electron chi connectivity index (χ1n) is 12.6. The number of nitrogens with one attached hydrogen (secondary N) is 1. The third-order valence-corrected chi connectivity index (χ3v) is 7.13. The molecule has 6 heteroatoms. The van der Waals surface area contributed by atoms with Gasteiger partial charge < -0.3 is 15.8 Å². The number of benzene rings is 2. The maximum Gasteiger partial charge on any atom is 0.407 e. The Hall–Kier alpha value is -3.14. The second-order valence-electron chi connectivity index (χ2n) is 10.1. The monoisotopic (exact) mass is 503 g/mol. The van der Waals surface area contributed by atoms with Gasteiger partial charge in [0.05, 0.1) is 11.6 Å². The number of hydrogen-bond donors (Lipinski definition) is 2. The Bertz CT molecular complexity index is 1140. The Labute approximate surface area is 219 Å². The highest BCUT2D eigenvalue weighted by Gasteiger charge is 2.20. The number of ether oxygens (including phenoxy) is 1.